The Labute approximate surface area is 145 Å². The van der Waals surface area contributed by atoms with E-state index in [0.29, 0.717) is 11.7 Å². The predicted octanol–water partition coefficient (Wildman–Crippen LogP) is 2.08. The van der Waals surface area contributed by atoms with Crippen LogP contribution in [0.5, 0.6) is 0 Å². The lowest BCUT2D eigenvalue weighted by molar-refractivity contribution is -0.120. The smallest absolute Gasteiger partial charge is 0.250 e. The van der Waals surface area contributed by atoms with E-state index in [1.54, 1.807) is 26.0 Å². The van der Waals surface area contributed by atoms with Gasteiger partial charge in [-0.15, -0.1) is 0 Å². The van der Waals surface area contributed by atoms with Crippen LogP contribution in [0, 0.1) is 11.7 Å². The van der Waals surface area contributed by atoms with Gasteiger partial charge in [0.05, 0.1) is 17.5 Å². The highest BCUT2D eigenvalue weighted by atomic mass is 32.2. The lowest BCUT2D eigenvalue weighted by atomic mass is 10.1. The van der Waals surface area contributed by atoms with E-state index in [2.05, 4.69) is 4.99 Å². The summed E-state index contributed by atoms with van der Waals surface area (Å²) < 4.78 is 36.9. The molecule has 0 saturated carbocycles. The van der Waals surface area contributed by atoms with Crippen LogP contribution < -0.4 is 0 Å². The van der Waals surface area contributed by atoms with Gasteiger partial charge in [0, 0.05) is 17.7 Å². The Kier molecular flexibility index (Phi) is 4.70. The number of sulfone groups is 1. The van der Waals surface area contributed by atoms with Crippen molar-refractivity contribution in [3.63, 3.8) is 0 Å². The summed E-state index contributed by atoms with van der Waals surface area (Å²) >= 11 is 1.36. The average Bonchev–Trinajstić information content (AvgIpc) is 2.94. The van der Waals surface area contributed by atoms with Crippen LogP contribution in [-0.4, -0.2) is 47.2 Å². The second-order valence-corrected chi connectivity index (χ2v) is 9.80. The first-order valence-corrected chi connectivity index (χ1v) is 10.5. The van der Waals surface area contributed by atoms with Crippen molar-refractivity contribution in [3.05, 3.63) is 35.6 Å². The fraction of sp³-hybridized carbons (Fsp3) is 0.500. The van der Waals surface area contributed by atoms with Crippen molar-refractivity contribution in [2.24, 2.45) is 10.9 Å². The Bertz CT molecular complexity index is 775. The van der Waals surface area contributed by atoms with E-state index < -0.39 is 9.84 Å². The molecule has 0 N–H and O–H groups in total. The standard InChI is InChI=1S/C16H19FN2O3S2/c1-10(2)15(20)18-16-19(7-11-3-5-12(17)6-4-11)13-8-24(21,22)9-14(13)23-16/h3-6,10,13-14H,7-9H2,1-2H3. The number of amides is 1. The van der Waals surface area contributed by atoms with Crippen molar-refractivity contribution < 1.29 is 17.6 Å². The highest BCUT2D eigenvalue weighted by molar-refractivity contribution is 8.15. The number of rotatable bonds is 3. The average molecular weight is 370 g/mol. The summed E-state index contributed by atoms with van der Waals surface area (Å²) in [4.78, 5) is 18.1. The highest BCUT2D eigenvalue weighted by Crippen LogP contribution is 2.39. The molecule has 2 heterocycles. The van der Waals surface area contributed by atoms with Gasteiger partial charge >= 0.3 is 0 Å². The lowest BCUT2D eigenvalue weighted by Crippen LogP contribution is -2.37. The van der Waals surface area contributed by atoms with Crippen LogP contribution in [0.3, 0.4) is 0 Å². The van der Waals surface area contributed by atoms with Gasteiger partial charge in [0.1, 0.15) is 5.82 Å². The summed E-state index contributed by atoms with van der Waals surface area (Å²) in [5, 5.41) is 0.470. The first-order valence-electron chi connectivity index (χ1n) is 7.76. The van der Waals surface area contributed by atoms with Gasteiger partial charge in [0.15, 0.2) is 15.0 Å². The Hall–Kier alpha value is -1.41. The molecule has 130 valence electrons. The number of halogens is 1. The summed E-state index contributed by atoms with van der Waals surface area (Å²) in [6.45, 7) is 3.97. The monoisotopic (exact) mass is 370 g/mol. The molecule has 8 heteroatoms. The van der Waals surface area contributed by atoms with Gasteiger partial charge in [-0.25, -0.2) is 12.8 Å². The number of thioether (sulfide) groups is 1. The molecule has 1 aromatic carbocycles. The maximum atomic E-state index is 13.1. The number of carbonyl (C=O) groups excluding carboxylic acids is 1. The molecule has 2 aliphatic rings. The largest absolute Gasteiger partial charge is 0.342 e. The van der Waals surface area contributed by atoms with Crippen LogP contribution in [0.15, 0.2) is 29.3 Å². The third kappa shape index (κ3) is 3.64. The van der Waals surface area contributed by atoms with Crippen molar-refractivity contribution in [2.75, 3.05) is 11.5 Å². The number of fused-ring (bicyclic) bond motifs is 1. The number of hydrogen-bond donors (Lipinski definition) is 0. The molecule has 0 radical (unpaired) electrons. The van der Waals surface area contributed by atoms with Crippen molar-refractivity contribution in [1.82, 2.24) is 4.90 Å². The van der Waals surface area contributed by atoms with Crippen LogP contribution in [0.25, 0.3) is 0 Å². The van der Waals surface area contributed by atoms with E-state index in [-0.39, 0.29) is 40.4 Å². The summed E-state index contributed by atoms with van der Waals surface area (Å²) in [5.41, 5.74) is 0.853. The fourth-order valence-electron chi connectivity index (χ4n) is 2.83. The molecule has 3 rings (SSSR count). The topological polar surface area (TPSA) is 66.8 Å². The van der Waals surface area contributed by atoms with E-state index in [0.717, 1.165) is 5.56 Å². The molecule has 2 saturated heterocycles. The molecular weight excluding hydrogens is 351 g/mol. The first-order chi connectivity index (χ1) is 11.2. The quantitative estimate of drug-likeness (QED) is 0.815. The number of aliphatic imine (C=N–C) groups is 1. The van der Waals surface area contributed by atoms with E-state index in [9.17, 15) is 17.6 Å². The summed E-state index contributed by atoms with van der Waals surface area (Å²) in [7, 11) is -3.07. The second kappa shape index (κ2) is 6.48. The number of hydrogen-bond acceptors (Lipinski definition) is 4. The normalized spacial score (nSPS) is 27.0. The van der Waals surface area contributed by atoms with Crippen molar-refractivity contribution in [2.45, 2.75) is 31.7 Å². The molecule has 2 atom stereocenters. The number of nitrogens with zero attached hydrogens (tertiary/aromatic N) is 2. The molecule has 1 amide bonds. The molecule has 2 aliphatic heterocycles. The lowest BCUT2D eigenvalue weighted by Gasteiger charge is -2.24. The van der Waals surface area contributed by atoms with Crippen LogP contribution in [0.4, 0.5) is 4.39 Å². The second-order valence-electron chi connectivity index (χ2n) is 6.44. The SMILES string of the molecule is CC(C)C(=O)N=C1SC2CS(=O)(=O)CC2N1Cc1ccc(F)cc1. The molecule has 0 bridgehead atoms. The third-order valence-corrected chi connectivity index (χ3v) is 7.39. The number of amidine groups is 1. The zero-order chi connectivity index (χ0) is 17.5. The van der Waals surface area contributed by atoms with E-state index in [4.69, 9.17) is 0 Å². The van der Waals surface area contributed by atoms with Gasteiger partial charge in [-0.05, 0) is 17.7 Å². The molecule has 0 spiro atoms. The first kappa shape index (κ1) is 17.4. The van der Waals surface area contributed by atoms with Gasteiger partial charge in [0.2, 0.25) is 0 Å². The molecular formula is C16H19FN2O3S2. The molecule has 2 unspecified atom stereocenters. The molecule has 24 heavy (non-hydrogen) atoms. The van der Waals surface area contributed by atoms with Gasteiger partial charge in [-0.1, -0.05) is 37.7 Å². The molecule has 0 aliphatic carbocycles. The molecule has 5 nitrogen and oxygen atoms in total. The molecule has 2 fully saturated rings. The predicted molar refractivity (Wildman–Crippen MR) is 93.0 cm³/mol. The number of carbonyl (C=O) groups is 1. The van der Waals surface area contributed by atoms with Gasteiger partial charge < -0.3 is 4.90 Å². The van der Waals surface area contributed by atoms with E-state index in [1.165, 1.54) is 23.9 Å². The highest BCUT2D eigenvalue weighted by Gasteiger charge is 2.48. The van der Waals surface area contributed by atoms with E-state index >= 15 is 0 Å². The Morgan fingerprint density at radius 1 is 1.33 bits per heavy atom. The summed E-state index contributed by atoms with van der Waals surface area (Å²) in [6, 6.07) is 5.88. The Morgan fingerprint density at radius 3 is 2.62 bits per heavy atom. The van der Waals surface area contributed by atoms with Crippen LogP contribution >= 0.6 is 11.8 Å². The van der Waals surface area contributed by atoms with E-state index in [1.807, 2.05) is 4.90 Å². The summed E-state index contributed by atoms with van der Waals surface area (Å²) in [5.74, 6) is -0.572. The Morgan fingerprint density at radius 2 is 2.00 bits per heavy atom. The van der Waals surface area contributed by atoms with Gasteiger partial charge in [0.25, 0.3) is 5.91 Å². The fourth-order valence-corrected chi connectivity index (χ4v) is 6.79. The zero-order valence-corrected chi connectivity index (χ0v) is 15.1. The van der Waals surface area contributed by atoms with Crippen molar-refractivity contribution in [1.29, 1.82) is 0 Å². The minimum Gasteiger partial charge on any atom is -0.342 e. The van der Waals surface area contributed by atoms with Crippen molar-refractivity contribution in [3.8, 4) is 0 Å². The summed E-state index contributed by atoms with van der Waals surface area (Å²) in [6.07, 6.45) is 0. The minimum absolute atomic E-state index is 0.0702. The van der Waals surface area contributed by atoms with Gasteiger partial charge in [-0.3, -0.25) is 4.79 Å². The zero-order valence-electron chi connectivity index (χ0n) is 13.5. The van der Waals surface area contributed by atoms with Crippen LogP contribution in [-0.2, 0) is 21.2 Å². The molecule has 0 aromatic heterocycles. The van der Waals surface area contributed by atoms with Crippen LogP contribution in [0.1, 0.15) is 19.4 Å². The third-order valence-electron chi connectivity index (χ3n) is 4.14. The van der Waals surface area contributed by atoms with Gasteiger partial charge in [-0.2, -0.15) is 4.99 Å². The molecule has 1 aromatic rings. The van der Waals surface area contributed by atoms with Crippen LogP contribution in [0.2, 0.25) is 0 Å². The maximum Gasteiger partial charge on any atom is 0.250 e. The van der Waals surface area contributed by atoms with Crippen molar-refractivity contribution >= 4 is 32.7 Å². The Balaban J connectivity index is 1.89. The maximum absolute atomic E-state index is 13.1. The minimum atomic E-state index is -3.07. The number of benzene rings is 1.